The molecule has 1 rings (SSSR count). The van der Waals surface area contributed by atoms with Crippen LogP contribution in [0, 0.1) is 11.3 Å². The molecule has 0 saturated carbocycles. The van der Waals surface area contributed by atoms with E-state index in [1.54, 1.807) is 7.05 Å². The molecule has 1 aliphatic heterocycles. The first-order chi connectivity index (χ1) is 15.2. The van der Waals surface area contributed by atoms with Gasteiger partial charge in [0.05, 0.1) is 6.04 Å². The maximum atomic E-state index is 13.3. The highest BCUT2D eigenvalue weighted by atomic mass is 16.4. The molecule has 7 heteroatoms. The van der Waals surface area contributed by atoms with Crippen LogP contribution >= 0.6 is 0 Å². The van der Waals surface area contributed by atoms with Crippen LogP contribution in [0.25, 0.3) is 0 Å². The Morgan fingerprint density at radius 3 is 2.15 bits per heavy atom. The molecular weight excluding hydrogens is 418 g/mol. The molecular formula is C26H49N3O4. The number of hydrogen-bond donors (Lipinski definition) is 2. The first kappa shape index (κ1) is 31.1. The smallest absolute Gasteiger partial charge is 0.331 e. The maximum Gasteiger partial charge on any atom is 0.331 e. The van der Waals surface area contributed by atoms with Gasteiger partial charge >= 0.3 is 5.97 Å². The van der Waals surface area contributed by atoms with Crippen LogP contribution in [-0.2, 0) is 14.4 Å². The van der Waals surface area contributed by atoms with E-state index in [2.05, 4.69) is 44.8 Å². The summed E-state index contributed by atoms with van der Waals surface area (Å²) in [6.45, 7) is 19.1. The molecule has 1 aliphatic rings. The van der Waals surface area contributed by atoms with Crippen molar-refractivity contribution in [3.8, 4) is 0 Å². The maximum absolute atomic E-state index is 13.3. The number of nitrogens with one attached hydrogen (secondary N) is 1. The van der Waals surface area contributed by atoms with Gasteiger partial charge in [-0.3, -0.25) is 14.5 Å². The lowest BCUT2D eigenvalue weighted by Crippen LogP contribution is -2.60. The number of piperidine rings is 1. The predicted octanol–water partition coefficient (Wildman–Crippen LogP) is 4.32. The summed E-state index contributed by atoms with van der Waals surface area (Å²) in [5, 5.41) is 12.0. The molecule has 1 saturated heterocycles. The van der Waals surface area contributed by atoms with Gasteiger partial charge in [-0.05, 0) is 44.6 Å². The van der Waals surface area contributed by atoms with Gasteiger partial charge in [0.25, 0.3) is 0 Å². The molecule has 192 valence electrons. The quantitative estimate of drug-likeness (QED) is 0.519. The molecule has 7 nitrogen and oxygen atoms in total. The number of nitrogens with zero attached hydrogens (tertiary/aromatic N) is 2. The second-order valence-electron chi connectivity index (χ2n) is 10.7. The van der Waals surface area contributed by atoms with Crippen molar-refractivity contribution in [2.24, 2.45) is 11.3 Å². The SMILES string of the molecule is C/C(=C\CN(C)C(=O)C(NC(=O)C1CCCCN1C(C)C(C)C)C(C)(C)C)C(=O)O.CCC. The number of hydrogen-bond acceptors (Lipinski definition) is 4. The van der Waals surface area contributed by atoms with Crippen molar-refractivity contribution < 1.29 is 19.5 Å². The lowest BCUT2D eigenvalue weighted by molar-refractivity contribution is -0.140. The van der Waals surface area contributed by atoms with Crippen LogP contribution in [-0.4, -0.2) is 71.0 Å². The summed E-state index contributed by atoms with van der Waals surface area (Å²) >= 11 is 0. The van der Waals surface area contributed by atoms with Crippen molar-refractivity contribution >= 4 is 17.8 Å². The Morgan fingerprint density at radius 1 is 1.15 bits per heavy atom. The van der Waals surface area contributed by atoms with Gasteiger partial charge in [0.2, 0.25) is 11.8 Å². The first-order valence-electron chi connectivity index (χ1n) is 12.4. The lowest BCUT2D eigenvalue weighted by atomic mass is 9.85. The molecule has 1 heterocycles. The van der Waals surface area contributed by atoms with E-state index in [4.69, 9.17) is 5.11 Å². The van der Waals surface area contributed by atoms with Gasteiger partial charge in [0, 0.05) is 25.2 Å². The summed E-state index contributed by atoms with van der Waals surface area (Å²) < 4.78 is 0. The first-order valence-corrected chi connectivity index (χ1v) is 12.4. The number of likely N-dealkylation sites (tertiary alicyclic amines) is 1. The molecule has 0 aromatic heterocycles. The minimum absolute atomic E-state index is 0.0962. The topological polar surface area (TPSA) is 90.0 Å². The minimum atomic E-state index is -1.01. The number of aliphatic carboxylic acids is 1. The number of rotatable bonds is 8. The molecule has 0 bridgehead atoms. The van der Waals surface area contributed by atoms with Crippen LogP contribution in [0.1, 0.15) is 88.0 Å². The average Bonchev–Trinajstić information content (AvgIpc) is 2.73. The molecule has 33 heavy (non-hydrogen) atoms. The van der Waals surface area contributed by atoms with E-state index in [1.165, 1.54) is 24.3 Å². The summed E-state index contributed by atoms with van der Waals surface area (Å²) in [7, 11) is 1.63. The molecule has 0 aromatic carbocycles. The fourth-order valence-electron chi connectivity index (χ4n) is 3.66. The zero-order chi connectivity index (χ0) is 25.9. The molecule has 1 fully saturated rings. The van der Waals surface area contributed by atoms with Crippen molar-refractivity contribution in [1.29, 1.82) is 0 Å². The summed E-state index contributed by atoms with van der Waals surface area (Å²) in [5.74, 6) is -0.882. The summed E-state index contributed by atoms with van der Waals surface area (Å²) in [4.78, 5) is 41.1. The Labute approximate surface area is 202 Å². The van der Waals surface area contributed by atoms with Gasteiger partial charge in [-0.15, -0.1) is 0 Å². The van der Waals surface area contributed by atoms with Crippen LogP contribution in [0.4, 0.5) is 0 Å². The normalized spacial score (nSPS) is 19.2. The average molecular weight is 468 g/mol. The van der Waals surface area contributed by atoms with Crippen molar-refractivity contribution in [2.45, 2.75) is 106 Å². The third-order valence-corrected chi connectivity index (χ3v) is 6.12. The van der Waals surface area contributed by atoms with E-state index in [0.29, 0.717) is 5.92 Å². The fourth-order valence-corrected chi connectivity index (χ4v) is 3.66. The van der Waals surface area contributed by atoms with E-state index in [1.807, 2.05) is 20.8 Å². The van der Waals surface area contributed by atoms with Crippen LogP contribution in [0.15, 0.2) is 11.6 Å². The van der Waals surface area contributed by atoms with Crippen molar-refractivity contribution in [1.82, 2.24) is 15.1 Å². The second kappa shape index (κ2) is 14.4. The fraction of sp³-hybridized carbons (Fsp3) is 0.808. The van der Waals surface area contributed by atoms with Crippen molar-refractivity contribution in [3.63, 3.8) is 0 Å². The number of carbonyl (C=O) groups excluding carboxylic acids is 2. The molecule has 0 radical (unpaired) electrons. The zero-order valence-electron chi connectivity index (χ0n) is 22.7. The molecule has 2 amide bonds. The zero-order valence-corrected chi connectivity index (χ0v) is 22.7. The van der Waals surface area contributed by atoms with E-state index < -0.39 is 17.4 Å². The third kappa shape index (κ3) is 10.3. The van der Waals surface area contributed by atoms with Gasteiger partial charge in [-0.2, -0.15) is 0 Å². The highest BCUT2D eigenvalue weighted by molar-refractivity contribution is 5.90. The van der Waals surface area contributed by atoms with Crippen LogP contribution in [0.3, 0.4) is 0 Å². The molecule has 0 aromatic rings. The third-order valence-electron chi connectivity index (χ3n) is 6.12. The lowest BCUT2D eigenvalue weighted by Gasteiger charge is -2.42. The highest BCUT2D eigenvalue weighted by Gasteiger charge is 2.39. The molecule has 0 spiro atoms. The number of amides is 2. The summed E-state index contributed by atoms with van der Waals surface area (Å²) in [6.07, 6.45) is 5.65. The Hall–Kier alpha value is -1.89. The van der Waals surface area contributed by atoms with Crippen LogP contribution in [0.5, 0.6) is 0 Å². The largest absolute Gasteiger partial charge is 0.478 e. The van der Waals surface area contributed by atoms with Gasteiger partial charge in [-0.25, -0.2) is 4.79 Å². The minimum Gasteiger partial charge on any atom is -0.478 e. The Bertz CT molecular complexity index is 667. The summed E-state index contributed by atoms with van der Waals surface area (Å²) in [5.41, 5.74) is -0.290. The number of carboxylic acids is 1. The van der Waals surface area contributed by atoms with E-state index >= 15 is 0 Å². The van der Waals surface area contributed by atoms with E-state index in [9.17, 15) is 14.4 Å². The van der Waals surface area contributed by atoms with Crippen LogP contribution < -0.4 is 5.32 Å². The predicted molar refractivity (Wildman–Crippen MR) is 135 cm³/mol. The van der Waals surface area contributed by atoms with Gasteiger partial charge < -0.3 is 15.3 Å². The monoisotopic (exact) mass is 467 g/mol. The highest BCUT2D eigenvalue weighted by Crippen LogP contribution is 2.25. The number of likely N-dealkylation sites (N-methyl/N-ethyl adjacent to an activating group) is 1. The molecule has 0 aliphatic carbocycles. The molecule has 2 N–H and O–H groups in total. The second-order valence-corrected chi connectivity index (χ2v) is 10.7. The molecule has 3 unspecified atom stereocenters. The number of carboxylic acid groups (broad SMARTS) is 1. The van der Waals surface area contributed by atoms with Gasteiger partial charge in [0.1, 0.15) is 6.04 Å². The van der Waals surface area contributed by atoms with Gasteiger partial charge in [-0.1, -0.05) is 67.4 Å². The Morgan fingerprint density at radius 2 is 1.70 bits per heavy atom. The van der Waals surface area contributed by atoms with Crippen LogP contribution in [0.2, 0.25) is 0 Å². The van der Waals surface area contributed by atoms with Crippen molar-refractivity contribution in [2.75, 3.05) is 20.1 Å². The van der Waals surface area contributed by atoms with Crippen molar-refractivity contribution in [3.05, 3.63) is 11.6 Å². The Kier molecular flexibility index (Phi) is 13.6. The van der Waals surface area contributed by atoms with E-state index in [0.717, 1.165) is 25.8 Å². The molecule has 3 atom stereocenters. The van der Waals surface area contributed by atoms with Gasteiger partial charge in [0.15, 0.2) is 0 Å². The van der Waals surface area contributed by atoms with E-state index in [-0.39, 0.29) is 36.0 Å². The number of carbonyl (C=O) groups is 3. The Balaban J connectivity index is 0.00000322. The summed E-state index contributed by atoms with van der Waals surface area (Å²) in [6, 6.07) is -0.628. The standard InChI is InChI=1S/C23H41N3O4.C3H8/c1-15(2)17(4)26-13-10-9-11-18(26)20(27)24-19(23(5,6)7)21(28)25(8)14-12-16(3)22(29)30;1-3-2/h12,15,17-19H,9-11,13-14H2,1-8H3,(H,24,27)(H,29,30);3H2,1-2H3/b16-12+;.